The summed E-state index contributed by atoms with van der Waals surface area (Å²) in [5, 5.41) is 6.78. The first-order chi connectivity index (χ1) is 19.1. The van der Waals surface area contributed by atoms with Gasteiger partial charge < -0.3 is 19.3 Å². The summed E-state index contributed by atoms with van der Waals surface area (Å²) in [5.74, 6) is 2.10. The summed E-state index contributed by atoms with van der Waals surface area (Å²) in [5.41, 5.74) is 2.59. The molecule has 210 valence electrons. The zero-order valence-corrected chi connectivity index (χ0v) is 23.6. The van der Waals surface area contributed by atoms with Crippen LogP contribution in [0.3, 0.4) is 0 Å². The van der Waals surface area contributed by atoms with Gasteiger partial charge in [0.15, 0.2) is 12.4 Å². The lowest BCUT2D eigenvalue weighted by molar-refractivity contribution is -0.118. The van der Waals surface area contributed by atoms with Crippen LogP contribution in [0.15, 0.2) is 76.1 Å². The van der Waals surface area contributed by atoms with Crippen molar-refractivity contribution in [3.05, 3.63) is 89.6 Å². The fraction of sp³-hybridized carbons (Fsp3) is 0.276. The Morgan fingerprint density at radius 1 is 0.975 bits per heavy atom. The molecule has 10 nitrogen and oxygen atoms in total. The molecular formula is C29H32N4O6S. The lowest BCUT2D eigenvalue weighted by atomic mass is 10.1. The van der Waals surface area contributed by atoms with Crippen LogP contribution in [0.2, 0.25) is 0 Å². The van der Waals surface area contributed by atoms with E-state index < -0.39 is 10.0 Å². The Morgan fingerprint density at radius 2 is 1.68 bits per heavy atom. The lowest BCUT2D eigenvalue weighted by Gasteiger charge is -2.13. The summed E-state index contributed by atoms with van der Waals surface area (Å²) in [7, 11) is -3.81. The maximum Gasteiger partial charge on any atom is 0.262 e. The van der Waals surface area contributed by atoms with E-state index in [2.05, 4.69) is 20.2 Å². The first-order valence-corrected chi connectivity index (χ1v) is 14.3. The Bertz CT molecular complexity index is 1550. The highest BCUT2D eigenvalue weighted by molar-refractivity contribution is 7.92. The minimum Gasteiger partial charge on any atom is -0.494 e. The number of nitrogens with one attached hydrogen (secondary N) is 2. The van der Waals surface area contributed by atoms with Crippen molar-refractivity contribution in [1.29, 1.82) is 0 Å². The first kappa shape index (κ1) is 28.6. The van der Waals surface area contributed by atoms with Gasteiger partial charge in [0.25, 0.3) is 15.9 Å². The molecule has 11 heteroatoms. The lowest BCUT2D eigenvalue weighted by Crippen LogP contribution is -2.20. The number of aromatic nitrogens is 2. The second-order valence-corrected chi connectivity index (χ2v) is 11.1. The molecule has 0 aliphatic carbocycles. The minimum absolute atomic E-state index is 0.0806. The number of anilines is 2. The smallest absolute Gasteiger partial charge is 0.262 e. The standard InChI is InChI=1S/C29H32N4O6S/c1-5-37-24-12-10-23(11-13-24)33-40(35,36)25-14-15-26(20(4)16-25)38-18-28(34)30-22-8-6-21(7-9-22)17-27-31-29(19(2)3)39-32-27/h6-16,19,33H,5,17-18H2,1-4H3,(H,30,34). The second-order valence-electron chi connectivity index (χ2n) is 9.40. The molecule has 0 radical (unpaired) electrons. The predicted molar refractivity (Wildman–Crippen MR) is 151 cm³/mol. The van der Waals surface area contributed by atoms with E-state index in [4.69, 9.17) is 14.0 Å². The molecule has 1 amide bonds. The number of hydrogen-bond donors (Lipinski definition) is 2. The fourth-order valence-corrected chi connectivity index (χ4v) is 4.90. The number of amides is 1. The van der Waals surface area contributed by atoms with Gasteiger partial charge in [0.1, 0.15) is 11.5 Å². The van der Waals surface area contributed by atoms with Crippen molar-refractivity contribution >= 4 is 27.3 Å². The third kappa shape index (κ3) is 7.60. The molecule has 1 aromatic heterocycles. The van der Waals surface area contributed by atoms with Crippen LogP contribution in [-0.4, -0.2) is 37.7 Å². The highest BCUT2D eigenvalue weighted by Crippen LogP contribution is 2.25. The number of aryl methyl sites for hydroxylation is 1. The summed E-state index contributed by atoms with van der Waals surface area (Å²) >= 11 is 0. The molecule has 0 bridgehead atoms. The van der Waals surface area contributed by atoms with E-state index in [9.17, 15) is 13.2 Å². The molecule has 3 aromatic carbocycles. The SMILES string of the molecule is CCOc1ccc(NS(=O)(=O)c2ccc(OCC(=O)Nc3ccc(Cc4noc(C(C)C)n4)cc3)c(C)c2)cc1. The van der Waals surface area contributed by atoms with E-state index in [1.807, 2.05) is 32.9 Å². The molecule has 0 spiro atoms. The topological polar surface area (TPSA) is 133 Å². The molecule has 0 aliphatic rings. The maximum absolute atomic E-state index is 12.8. The van der Waals surface area contributed by atoms with Crippen molar-refractivity contribution in [3.8, 4) is 11.5 Å². The number of hydrogen-bond acceptors (Lipinski definition) is 8. The number of carbonyl (C=O) groups is 1. The van der Waals surface area contributed by atoms with Crippen molar-refractivity contribution in [3.63, 3.8) is 0 Å². The van der Waals surface area contributed by atoms with Crippen LogP contribution in [0.1, 0.15) is 49.5 Å². The molecule has 1 heterocycles. The summed E-state index contributed by atoms with van der Waals surface area (Å²) in [6.45, 7) is 7.86. The Labute approximate surface area is 233 Å². The summed E-state index contributed by atoms with van der Waals surface area (Å²) in [6, 6.07) is 18.5. The molecule has 2 N–H and O–H groups in total. The zero-order chi connectivity index (χ0) is 28.7. The second kappa shape index (κ2) is 12.6. The predicted octanol–water partition coefficient (Wildman–Crippen LogP) is 5.31. The first-order valence-electron chi connectivity index (χ1n) is 12.8. The van der Waals surface area contributed by atoms with Crippen LogP contribution in [0.5, 0.6) is 11.5 Å². The Kier molecular flexibility index (Phi) is 9.05. The number of benzene rings is 3. The molecule has 0 saturated heterocycles. The molecule has 0 unspecified atom stereocenters. The van der Waals surface area contributed by atoms with Gasteiger partial charge in [-0.25, -0.2) is 8.42 Å². The molecule has 0 saturated carbocycles. The summed E-state index contributed by atoms with van der Waals surface area (Å²) in [6.07, 6.45) is 0.522. The maximum atomic E-state index is 12.8. The van der Waals surface area contributed by atoms with Crippen molar-refractivity contribution in [2.24, 2.45) is 0 Å². The third-order valence-electron chi connectivity index (χ3n) is 5.81. The molecule has 0 fully saturated rings. The minimum atomic E-state index is -3.81. The van der Waals surface area contributed by atoms with Crippen molar-refractivity contribution in [1.82, 2.24) is 10.1 Å². The monoisotopic (exact) mass is 564 g/mol. The summed E-state index contributed by atoms with van der Waals surface area (Å²) < 4.78 is 44.5. The average molecular weight is 565 g/mol. The van der Waals surface area contributed by atoms with Crippen molar-refractivity contribution in [2.75, 3.05) is 23.3 Å². The Hall–Kier alpha value is -4.38. The molecule has 4 rings (SSSR count). The third-order valence-corrected chi connectivity index (χ3v) is 7.19. The highest BCUT2D eigenvalue weighted by atomic mass is 32.2. The molecule has 0 aliphatic heterocycles. The van der Waals surface area contributed by atoms with Gasteiger partial charge in [-0.05, 0) is 79.6 Å². The van der Waals surface area contributed by atoms with Gasteiger partial charge in [0.05, 0.1) is 11.5 Å². The van der Waals surface area contributed by atoms with Crippen LogP contribution in [0.4, 0.5) is 11.4 Å². The quantitative estimate of drug-likeness (QED) is 0.237. The summed E-state index contributed by atoms with van der Waals surface area (Å²) in [4.78, 5) is 16.9. The van der Waals surface area contributed by atoms with Gasteiger partial charge in [0, 0.05) is 23.7 Å². The van der Waals surface area contributed by atoms with Gasteiger partial charge in [-0.3, -0.25) is 9.52 Å². The van der Waals surface area contributed by atoms with E-state index >= 15 is 0 Å². The highest BCUT2D eigenvalue weighted by Gasteiger charge is 2.17. The van der Waals surface area contributed by atoms with Gasteiger partial charge in [-0.15, -0.1) is 0 Å². The van der Waals surface area contributed by atoms with Crippen LogP contribution >= 0.6 is 0 Å². The van der Waals surface area contributed by atoms with Gasteiger partial charge in [-0.1, -0.05) is 31.1 Å². The number of ether oxygens (including phenoxy) is 2. The van der Waals surface area contributed by atoms with Crippen molar-refractivity contribution in [2.45, 2.75) is 44.9 Å². The number of carbonyl (C=O) groups excluding carboxylic acids is 1. The van der Waals surface area contributed by atoms with Gasteiger partial charge >= 0.3 is 0 Å². The van der Waals surface area contributed by atoms with Gasteiger partial charge in [-0.2, -0.15) is 4.98 Å². The van der Waals surface area contributed by atoms with Crippen molar-refractivity contribution < 1.29 is 27.2 Å². The number of sulfonamides is 1. The van der Waals surface area contributed by atoms with E-state index in [0.717, 1.165) is 5.56 Å². The average Bonchev–Trinajstić information content (AvgIpc) is 3.39. The van der Waals surface area contributed by atoms with E-state index in [-0.39, 0.29) is 23.3 Å². The van der Waals surface area contributed by atoms with Crippen LogP contribution in [-0.2, 0) is 21.2 Å². The molecule has 40 heavy (non-hydrogen) atoms. The largest absolute Gasteiger partial charge is 0.494 e. The molecule has 4 aromatic rings. The van der Waals surface area contributed by atoms with E-state index in [0.29, 0.717) is 53.2 Å². The number of rotatable bonds is 12. The van der Waals surface area contributed by atoms with Crippen LogP contribution in [0.25, 0.3) is 0 Å². The number of nitrogens with zero attached hydrogens (tertiary/aromatic N) is 2. The molecular weight excluding hydrogens is 532 g/mol. The fourth-order valence-electron chi connectivity index (χ4n) is 3.75. The zero-order valence-electron chi connectivity index (χ0n) is 22.8. The van der Waals surface area contributed by atoms with E-state index in [1.165, 1.54) is 18.2 Å². The van der Waals surface area contributed by atoms with Gasteiger partial charge in [0.2, 0.25) is 5.89 Å². The molecule has 0 atom stereocenters. The normalized spacial score (nSPS) is 11.3. The Morgan fingerprint density at radius 3 is 2.30 bits per heavy atom. The van der Waals surface area contributed by atoms with E-state index in [1.54, 1.807) is 43.3 Å². The van der Waals surface area contributed by atoms with Crippen LogP contribution in [0, 0.1) is 6.92 Å². The van der Waals surface area contributed by atoms with Crippen LogP contribution < -0.4 is 19.5 Å². The Balaban J connectivity index is 1.29.